The minimum absolute atomic E-state index is 0.333. The summed E-state index contributed by atoms with van der Waals surface area (Å²) in [6.07, 6.45) is 1.85. The van der Waals surface area contributed by atoms with Crippen molar-refractivity contribution < 1.29 is 9.47 Å². The third-order valence-corrected chi connectivity index (χ3v) is 3.04. The molecule has 2 aromatic carbocycles. The Hall–Kier alpha value is -2.40. The molecule has 0 aliphatic heterocycles. The van der Waals surface area contributed by atoms with Gasteiger partial charge in [0.15, 0.2) is 0 Å². The van der Waals surface area contributed by atoms with Crippen LogP contribution in [-0.4, -0.2) is 12.8 Å². The summed E-state index contributed by atoms with van der Waals surface area (Å²) < 4.78 is 11.0. The first-order chi connectivity index (χ1) is 11.2. The van der Waals surface area contributed by atoms with Crippen molar-refractivity contribution in [2.75, 3.05) is 6.61 Å². The van der Waals surface area contributed by atoms with Gasteiger partial charge in [-0.05, 0) is 61.9 Å². The lowest BCUT2D eigenvalue weighted by Crippen LogP contribution is -2.22. The fourth-order valence-corrected chi connectivity index (χ4v) is 1.86. The van der Waals surface area contributed by atoms with Crippen LogP contribution >= 0.6 is 0 Å². The van der Waals surface area contributed by atoms with Gasteiger partial charge in [-0.25, -0.2) is 0 Å². The van der Waals surface area contributed by atoms with E-state index in [0.29, 0.717) is 5.75 Å². The largest absolute Gasteiger partial charge is 0.494 e. The van der Waals surface area contributed by atoms with E-state index in [4.69, 9.17) is 15.2 Å². The standard InChI is InChI=1S/C18H23N3O2/c1-3-4-13-22-17-9-5-15(6-10-17)20-21-16-7-11-18(12-8-16)23-14(2)19/h5-12,14H,3-4,13,19H2,1-2H3/b21-20+. The van der Waals surface area contributed by atoms with E-state index >= 15 is 0 Å². The first-order valence-corrected chi connectivity index (χ1v) is 7.84. The van der Waals surface area contributed by atoms with E-state index in [-0.39, 0.29) is 6.23 Å². The SMILES string of the molecule is CCCCOc1ccc(/N=N/c2ccc(OC(C)N)cc2)cc1. The number of hydrogen-bond acceptors (Lipinski definition) is 5. The average molecular weight is 313 g/mol. The van der Waals surface area contributed by atoms with Crippen LogP contribution < -0.4 is 15.2 Å². The van der Waals surface area contributed by atoms with Gasteiger partial charge in [-0.15, -0.1) is 0 Å². The zero-order valence-corrected chi connectivity index (χ0v) is 13.6. The molecule has 0 spiro atoms. The molecule has 2 N–H and O–H groups in total. The van der Waals surface area contributed by atoms with Crippen LogP contribution in [0.15, 0.2) is 58.8 Å². The third kappa shape index (κ3) is 6.08. The van der Waals surface area contributed by atoms with Gasteiger partial charge in [-0.3, -0.25) is 5.73 Å². The van der Waals surface area contributed by atoms with E-state index in [1.807, 2.05) is 48.5 Å². The normalized spacial score (nSPS) is 12.3. The summed E-state index contributed by atoms with van der Waals surface area (Å²) in [6, 6.07) is 14.9. The highest BCUT2D eigenvalue weighted by atomic mass is 16.5. The van der Waals surface area contributed by atoms with Gasteiger partial charge in [0.1, 0.15) is 17.7 Å². The highest BCUT2D eigenvalue weighted by molar-refractivity contribution is 5.44. The lowest BCUT2D eigenvalue weighted by molar-refractivity contribution is 0.230. The molecule has 0 aliphatic carbocycles. The molecule has 0 saturated carbocycles. The predicted octanol–water partition coefficient (Wildman–Crippen LogP) is 4.96. The third-order valence-electron chi connectivity index (χ3n) is 3.04. The second-order valence-corrected chi connectivity index (χ2v) is 5.21. The Labute approximate surface area is 137 Å². The van der Waals surface area contributed by atoms with Crippen molar-refractivity contribution >= 4 is 11.4 Å². The smallest absolute Gasteiger partial charge is 0.144 e. The van der Waals surface area contributed by atoms with Crippen LogP contribution in [-0.2, 0) is 0 Å². The number of rotatable bonds is 8. The van der Waals surface area contributed by atoms with Crippen LogP contribution in [0.1, 0.15) is 26.7 Å². The van der Waals surface area contributed by atoms with Crippen molar-refractivity contribution in [2.24, 2.45) is 16.0 Å². The lowest BCUT2D eigenvalue weighted by atomic mass is 10.3. The number of azo groups is 1. The fraction of sp³-hybridized carbons (Fsp3) is 0.333. The maximum atomic E-state index is 5.61. The summed E-state index contributed by atoms with van der Waals surface area (Å²) in [5.74, 6) is 1.57. The van der Waals surface area contributed by atoms with E-state index in [0.717, 1.165) is 36.6 Å². The Bertz CT molecular complexity index is 607. The number of nitrogens with two attached hydrogens (primary N) is 1. The first-order valence-electron chi connectivity index (χ1n) is 7.84. The number of ether oxygens (including phenoxy) is 2. The van der Waals surface area contributed by atoms with E-state index in [2.05, 4.69) is 17.2 Å². The second kappa shape index (κ2) is 8.90. The molecular formula is C18H23N3O2. The molecule has 5 nitrogen and oxygen atoms in total. The Morgan fingerprint density at radius 1 is 0.913 bits per heavy atom. The molecule has 0 aromatic heterocycles. The molecule has 5 heteroatoms. The summed E-state index contributed by atoms with van der Waals surface area (Å²) >= 11 is 0. The van der Waals surface area contributed by atoms with E-state index in [1.54, 1.807) is 6.92 Å². The molecule has 23 heavy (non-hydrogen) atoms. The molecule has 1 unspecified atom stereocenters. The number of benzene rings is 2. The quantitative estimate of drug-likeness (QED) is 0.425. The van der Waals surface area contributed by atoms with Crippen LogP contribution in [0.2, 0.25) is 0 Å². The zero-order chi connectivity index (χ0) is 16.5. The molecule has 0 heterocycles. The Morgan fingerprint density at radius 3 is 1.91 bits per heavy atom. The average Bonchev–Trinajstić information content (AvgIpc) is 2.55. The molecule has 0 fully saturated rings. The van der Waals surface area contributed by atoms with Gasteiger partial charge in [0.25, 0.3) is 0 Å². The summed E-state index contributed by atoms with van der Waals surface area (Å²) in [6.45, 7) is 4.67. The molecule has 0 bridgehead atoms. The highest BCUT2D eigenvalue weighted by Crippen LogP contribution is 2.23. The number of hydrogen-bond donors (Lipinski definition) is 1. The number of nitrogens with zero attached hydrogens (tertiary/aromatic N) is 2. The zero-order valence-electron chi connectivity index (χ0n) is 13.6. The summed E-state index contributed by atoms with van der Waals surface area (Å²) in [5.41, 5.74) is 7.11. The van der Waals surface area contributed by atoms with Gasteiger partial charge in [0.05, 0.1) is 18.0 Å². The Morgan fingerprint density at radius 2 is 1.43 bits per heavy atom. The first kappa shape index (κ1) is 17.0. The highest BCUT2D eigenvalue weighted by Gasteiger charge is 1.98. The van der Waals surface area contributed by atoms with Gasteiger partial charge in [-0.1, -0.05) is 13.3 Å². The fourth-order valence-electron chi connectivity index (χ4n) is 1.86. The van der Waals surface area contributed by atoms with Crippen LogP contribution in [0, 0.1) is 0 Å². The molecule has 0 radical (unpaired) electrons. The monoisotopic (exact) mass is 313 g/mol. The lowest BCUT2D eigenvalue weighted by Gasteiger charge is -2.08. The van der Waals surface area contributed by atoms with E-state index in [1.165, 1.54) is 0 Å². The van der Waals surface area contributed by atoms with Crippen LogP contribution in [0.25, 0.3) is 0 Å². The molecule has 122 valence electrons. The van der Waals surface area contributed by atoms with Gasteiger partial charge in [-0.2, -0.15) is 10.2 Å². The van der Waals surface area contributed by atoms with Crippen LogP contribution in [0.4, 0.5) is 11.4 Å². The van der Waals surface area contributed by atoms with Gasteiger partial charge in [0, 0.05) is 0 Å². The minimum Gasteiger partial charge on any atom is -0.494 e. The van der Waals surface area contributed by atoms with Crippen molar-refractivity contribution in [3.8, 4) is 11.5 Å². The topological polar surface area (TPSA) is 69.2 Å². The van der Waals surface area contributed by atoms with Crippen LogP contribution in [0.3, 0.4) is 0 Å². The van der Waals surface area contributed by atoms with Crippen molar-refractivity contribution in [3.63, 3.8) is 0 Å². The predicted molar refractivity (Wildman–Crippen MR) is 91.7 cm³/mol. The summed E-state index contributed by atoms with van der Waals surface area (Å²) in [4.78, 5) is 0. The molecule has 0 amide bonds. The van der Waals surface area contributed by atoms with Gasteiger partial charge in [0.2, 0.25) is 0 Å². The molecule has 2 rings (SSSR count). The second-order valence-electron chi connectivity index (χ2n) is 5.21. The number of unbranched alkanes of at least 4 members (excludes halogenated alkanes) is 1. The summed E-state index contributed by atoms with van der Waals surface area (Å²) in [5, 5.41) is 8.41. The molecule has 0 saturated heterocycles. The van der Waals surface area contributed by atoms with Gasteiger partial charge >= 0.3 is 0 Å². The van der Waals surface area contributed by atoms with Crippen LogP contribution in [0.5, 0.6) is 11.5 Å². The molecule has 0 aliphatic rings. The van der Waals surface area contributed by atoms with Crippen molar-refractivity contribution in [2.45, 2.75) is 32.9 Å². The Kier molecular flexibility index (Phi) is 6.56. The van der Waals surface area contributed by atoms with Crippen molar-refractivity contribution in [1.82, 2.24) is 0 Å². The van der Waals surface area contributed by atoms with Crippen molar-refractivity contribution in [1.29, 1.82) is 0 Å². The van der Waals surface area contributed by atoms with Crippen molar-refractivity contribution in [3.05, 3.63) is 48.5 Å². The molecular weight excluding hydrogens is 290 g/mol. The molecule has 2 aromatic rings. The van der Waals surface area contributed by atoms with E-state index < -0.39 is 0 Å². The van der Waals surface area contributed by atoms with Gasteiger partial charge < -0.3 is 9.47 Å². The summed E-state index contributed by atoms with van der Waals surface area (Å²) in [7, 11) is 0. The minimum atomic E-state index is -0.333. The Balaban J connectivity index is 1.91. The van der Waals surface area contributed by atoms with E-state index in [9.17, 15) is 0 Å². The maximum absolute atomic E-state index is 5.61. The maximum Gasteiger partial charge on any atom is 0.144 e. The molecule has 1 atom stereocenters.